The van der Waals surface area contributed by atoms with E-state index in [4.69, 9.17) is 4.42 Å². The standard InChI is InChI=1S/C16H14BrN3O3/c17-13(9-12-5-2-1-3-6-12)10-19-20-15(21)11-18-16(22)14-7-4-8-23-14/h1-10H,11H2,(H,18,22)(H,20,21)/b13-9-,19-10-. The van der Waals surface area contributed by atoms with Crippen molar-refractivity contribution in [2.75, 3.05) is 6.54 Å². The topological polar surface area (TPSA) is 83.7 Å². The van der Waals surface area contributed by atoms with Gasteiger partial charge in [0, 0.05) is 4.48 Å². The first kappa shape index (κ1) is 16.7. The lowest BCUT2D eigenvalue weighted by atomic mass is 10.2. The molecule has 0 fully saturated rings. The first-order valence-electron chi connectivity index (χ1n) is 6.71. The maximum absolute atomic E-state index is 11.6. The van der Waals surface area contributed by atoms with Crippen LogP contribution in [0.5, 0.6) is 0 Å². The Kier molecular flexibility index (Phi) is 6.31. The number of allylic oxidation sites excluding steroid dienone is 1. The van der Waals surface area contributed by atoms with Crippen LogP contribution in [0.4, 0.5) is 0 Å². The number of halogens is 1. The summed E-state index contributed by atoms with van der Waals surface area (Å²) in [5.41, 5.74) is 3.32. The first-order valence-corrected chi connectivity index (χ1v) is 7.50. The molecule has 2 N–H and O–H groups in total. The van der Waals surface area contributed by atoms with Crippen LogP contribution in [-0.2, 0) is 4.79 Å². The van der Waals surface area contributed by atoms with Gasteiger partial charge in [-0.05, 0) is 39.7 Å². The van der Waals surface area contributed by atoms with Gasteiger partial charge in [0.15, 0.2) is 5.76 Å². The van der Waals surface area contributed by atoms with Gasteiger partial charge in [0.25, 0.3) is 11.8 Å². The van der Waals surface area contributed by atoms with Gasteiger partial charge in [0.2, 0.25) is 0 Å². The van der Waals surface area contributed by atoms with Crippen LogP contribution in [0.25, 0.3) is 6.08 Å². The van der Waals surface area contributed by atoms with Crippen molar-refractivity contribution in [1.82, 2.24) is 10.7 Å². The van der Waals surface area contributed by atoms with Crippen molar-refractivity contribution in [1.29, 1.82) is 0 Å². The molecule has 1 aromatic heterocycles. The number of hydrogen-bond donors (Lipinski definition) is 2. The third-order valence-electron chi connectivity index (χ3n) is 2.64. The Morgan fingerprint density at radius 3 is 2.65 bits per heavy atom. The normalized spacial score (nSPS) is 11.4. The molecule has 0 saturated heterocycles. The average molecular weight is 376 g/mol. The summed E-state index contributed by atoms with van der Waals surface area (Å²) in [5.74, 6) is -0.754. The van der Waals surface area contributed by atoms with E-state index in [1.165, 1.54) is 18.5 Å². The summed E-state index contributed by atoms with van der Waals surface area (Å²) >= 11 is 3.33. The van der Waals surface area contributed by atoms with Gasteiger partial charge >= 0.3 is 0 Å². The van der Waals surface area contributed by atoms with E-state index in [1.54, 1.807) is 6.07 Å². The molecule has 0 atom stereocenters. The fourth-order valence-electron chi connectivity index (χ4n) is 1.61. The highest BCUT2D eigenvalue weighted by Crippen LogP contribution is 2.09. The van der Waals surface area contributed by atoms with Crippen molar-refractivity contribution < 1.29 is 14.0 Å². The van der Waals surface area contributed by atoms with Crippen molar-refractivity contribution in [3.63, 3.8) is 0 Å². The molecule has 1 aromatic carbocycles. The Labute approximate surface area is 141 Å². The minimum atomic E-state index is -0.459. The van der Waals surface area contributed by atoms with E-state index in [0.29, 0.717) is 4.48 Å². The number of hydrogen-bond acceptors (Lipinski definition) is 4. The first-order chi connectivity index (χ1) is 11.1. The van der Waals surface area contributed by atoms with Crippen molar-refractivity contribution in [2.24, 2.45) is 5.10 Å². The molecule has 0 aliphatic carbocycles. The minimum Gasteiger partial charge on any atom is -0.459 e. The molecule has 0 unspecified atom stereocenters. The molecular weight excluding hydrogens is 362 g/mol. The Morgan fingerprint density at radius 2 is 1.96 bits per heavy atom. The zero-order valence-corrected chi connectivity index (χ0v) is 13.6. The molecule has 0 spiro atoms. The molecule has 6 nitrogen and oxygen atoms in total. The second kappa shape index (κ2) is 8.70. The van der Waals surface area contributed by atoms with Crippen LogP contribution in [0.15, 0.2) is 62.7 Å². The lowest BCUT2D eigenvalue weighted by molar-refractivity contribution is -0.120. The van der Waals surface area contributed by atoms with E-state index < -0.39 is 11.8 Å². The maximum Gasteiger partial charge on any atom is 0.287 e. The maximum atomic E-state index is 11.6. The zero-order chi connectivity index (χ0) is 16.5. The smallest absolute Gasteiger partial charge is 0.287 e. The van der Waals surface area contributed by atoms with E-state index in [1.807, 2.05) is 36.4 Å². The van der Waals surface area contributed by atoms with Crippen LogP contribution < -0.4 is 10.7 Å². The molecule has 2 aromatic rings. The minimum absolute atomic E-state index is 0.148. The van der Waals surface area contributed by atoms with Crippen molar-refractivity contribution >= 4 is 40.0 Å². The Bertz CT molecular complexity index is 709. The van der Waals surface area contributed by atoms with Gasteiger partial charge in [0.05, 0.1) is 19.0 Å². The predicted octanol–water partition coefficient (Wildman–Crippen LogP) is 2.55. The van der Waals surface area contributed by atoms with Gasteiger partial charge in [-0.2, -0.15) is 5.10 Å². The number of benzene rings is 1. The van der Waals surface area contributed by atoms with Gasteiger partial charge in [-0.3, -0.25) is 9.59 Å². The SMILES string of the molecule is O=C(CNC(=O)c1ccco1)N/N=C\C(Br)=C\c1ccccc1. The fraction of sp³-hybridized carbons (Fsp3) is 0.0625. The van der Waals surface area contributed by atoms with Crippen molar-refractivity contribution in [3.05, 3.63) is 64.5 Å². The van der Waals surface area contributed by atoms with Crippen LogP contribution >= 0.6 is 15.9 Å². The van der Waals surface area contributed by atoms with Crippen LogP contribution in [0.3, 0.4) is 0 Å². The quantitative estimate of drug-likeness (QED) is 0.600. The third kappa shape index (κ3) is 5.91. The van der Waals surface area contributed by atoms with Gasteiger partial charge in [0.1, 0.15) is 0 Å². The third-order valence-corrected chi connectivity index (χ3v) is 3.07. The molecule has 1 heterocycles. The number of nitrogens with zero attached hydrogens (tertiary/aromatic N) is 1. The Hall–Kier alpha value is -2.67. The molecule has 23 heavy (non-hydrogen) atoms. The molecule has 2 rings (SSSR count). The molecule has 0 aliphatic heterocycles. The number of carbonyl (C=O) groups excluding carboxylic acids is 2. The van der Waals surface area contributed by atoms with Crippen molar-refractivity contribution in [2.45, 2.75) is 0 Å². The van der Waals surface area contributed by atoms with Crippen LogP contribution in [0.2, 0.25) is 0 Å². The highest BCUT2D eigenvalue weighted by Gasteiger charge is 2.09. The van der Waals surface area contributed by atoms with E-state index >= 15 is 0 Å². The van der Waals surface area contributed by atoms with Gasteiger partial charge in [-0.15, -0.1) is 0 Å². The predicted molar refractivity (Wildman–Crippen MR) is 91.0 cm³/mol. The second-order valence-corrected chi connectivity index (χ2v) is 5.31. The Morgan fingerprint density at radius 1 is 1.17 bits per heavy atom. The molecule has 2 amide bonds. The van der Waals surface area contributed by atoms with E-state index in [-0.39, 0.29) is 12.3 Å². The summed E-state index contributed by atoms with van der Waals surface area (Å²) < 4.78 is 5.61. The number of hydrazone groups is 1. The van der Waals surface area contributed by atoms with Crippen LogP contribution in [0.1, 0.15) is 16.1 Å². The summed E-state index contributed by atoms with van der Waals surface area (Å²) in [7, 11) is 0. The fourth-order valence-corrected chi connectivity index (χ4v) is 1.97. The highest BCUT2D eigenvalue weighted by molar-refractivity contribution is 9.12. The highest BCUT2D eigenvalue weighted by atomic mass is 79.9. The van der Waals surface area contributed by atoms with E-state index in [2.05, 4.69) is 31.8 Å². The summed E-state index contributed by atoms with van der Waals surface area (Å²) in [4.78, 5) is 23.1. The lowest BCUT2D eigenvalue weighted by Crippen LogP contribution is -2.34. The largest absolute Gasteiger partial charge is 0.459 e. The number of furan rings is 1. The molecular formula is C16H14BrN3O3. The zero-order valence-electron chi connectivity index (χ0n) is 12.0. The van der Waals surface area contributed by atoms with Crippen LogP contribution in [0, 0.1) is 0 Å². The number of rotatable bonds is 6. The van der Waals surface area contributed by atoms with Gasteiger partial charge in [-0.25, -0.2) is 5.43 Å². The molecule has 7 heteroatoms. The second-order valence-electron chi connectivity index (χ2n) is 4.39. The van der Waals surface area contributed by atoms with Crippen LogP contribution in [-0.4, -0.2) is 24.6 Å². The lowest BCUT2D eigenvalue weighted by Gasteiger charge is -2.01. The summed E-state index contributed by atoms with van der Waals surface area (Å²) in [6.07, 6.45) is 4.70. The molecule has 118 valence electrons. The van der Waals surface area contributed by atoms with E-state index in [9.17, 15) is 9.59 Å². The monoisotopic (exact) mass is 375 g/mol. The molecule has 0 bridgehead atoms. The number of amides is 2. The molecule has 0 saturated carbocycles. The number of nitrogens with one attached hydrogen (secondary N) is 2. The van der Waals surface area contributed by atoms with E-state index in [0.717, 1.165) is 5.56 Å². The molecule has 0 radical (unpaired) electrons. The average Bonchev–Trinajstić information content (AvgIpc) is 3.08. The van der Waals surface area contributed by atoms with Crippen molar-refractivity contribution in [3.8, 4) is 0 Å². The molecule has 0 aliphatic rings. The van der Waals surface area contributed by atoms with Gasteiger partial charge < -0.3 is 9.73 Å². The summed E-state index contributed by atoms with van der Waals surface area (Å²) in [6.45, 7) is -0.198. The number of carbonyl (C=O) groups is 2. The van der Waals surface area contributed by atoms with Gasteiger partial charge in [-0.1, -0.05) is 30.3 Å². The summed E-state index contributed by atoms with van der Waals surface area (Å²) in [6, 6.07) is 12.8. The Balaban J connectivity index is 1.75. The summed E-state index contributed by atoms with van der Waals surface area (Å²) in [5, 5.41) is 6.21.